The maximum absolute atomic E-state index is 11.4. The van der Waals surface area contributed by atoms with E-state index in [9.17, 15) is 4.79 Å². The number of methoxy groups -OCH3 is 1. The standard InChI is InChI=1S/C25H31NO5/c1-26(21-8-10-23(25(13-21)28-2)29-12-11-18-3-4-18)17-31-24-14-22(9-7-20(24)15-27)30-16-19-5-6-19/h7-10,13-15,18-19H,3-6,11-12,16-17H2,1-2H3. The molecule has 0 atom stereocenters. The third kappa shape index (κ3) is 6.06. The number of carbonyl (C=O) groups excluding carboxylic acids is 1. The maximum Gasteiger partial charge on any atom is 0.162 e. The molecule has 6 heteroatoms. The molecule has 6 nitrogen and oxygen atoms in total. The van der Waals surface area contributed by atoms with Gasteiger partial charge in [0.2, 0.25) is 0 Å². The van der Waals surface area contributed by atoms with Crippen molar-refractivity contribution in [1.82, 2.24) is 0 Å². The van der Waals surface area contributed by atoms with Gasteiger partial charge in [-0.1, -0.05) is 12.8 Å². The third-order valence-electron chi connectivity index (χ3n) is 5.78. The van der Waals surface area contributed by atoms with Crippen molar-refractivity contribution < 1.29 is 23.7 Å². The molecule has 0 spiro atoms. The van der Waals surface area contributed by atoms with Gasteiger partial charge in [0, 0.05) is 24.9 Å². The van der Waals surface area contributed by atoms with Gasteiger partial charge in [-0.3, -0.25) is 4.79 Å². The van der Waals surface area contributed by atoms with Gasteiger partial charge in [-0.15, -0.1) is 0 Å². The summed E-state index contributed by atoms with van der Waals surface area (Å²) in [4.78, 5) is 13.4. The van der Waals surface area contributed by atoms with E-state index >= 15 is 0 Å². The van der Waals surface area contributed by atoms with Crippen LogP contribution in [0.15, 0.2) is 36.4 Å². The fraction of sp³-hybridized carbons (Fsp3) is 0.480. The van der Waals surface area contributed by atoms with E-state index in [-0.39, 0.29) is 6.73 Å². The minimum atomic E-state index is 0.276. The van der Waals surface area contributed by atoms with Gasteiger partial charge < -0.3 is 23.8 Å². The van der Waals surface area contributed by atoms with Crippen molar-refractivity contribution in [2.75, 3.05) is 39.0 Å². The Labute approximate surface area is 184 Å². The third-order valence-corrected chi connectivity index (χ3v) is 5.78. The lowest BCUT2D eigenvalue weighted by molar-refractivity contribution is 0.111. The molecule has 0 N–H and O–H groups in total. The molecule has 0 aromatic heterocycles. The molecule has 4 rings (SSSR count). The van der Waals surface area contributed by atoms with E-state index in [1.54, 1.807) is 19.2 Å². The fourth-order valence-electron chi connectivity index (χ4n) is 3.32. The van der Waals surface area contributed by atoms with Gasteiger partial charge in [0.25, 0.3) is 0 Å². The topological polar surface area (TPSA) is 57.2 Å². The molecule has 0 radical (unpaired) electrons. The highest BCUT2D eigenvalue weighted by atomic mass is 16.5. The first-order valence-corrected chi connectivity index (χ1v) is 11.0. The highest BCUT2D eigenvalue weighted by Gasteiger charge is 2.22. The molecule has 0 bridgehead atoms. The highest BCUT2D eigenvalue weighted by Crippen LogP contribution is 2.35. The largest absolute Gasteiger partial charge is 0.493 e. The van der Waals surface area contributed by atoms with E-state index < -0.39 is 0 Å². The van der Waals surface area contributed by atoms with Crippen LogP contribution in [0.25, 0.3) is 0 Å². The van der Waals surface area contributed by atoms with E-state index in [0.717, 1.165) is 35.8 Å². The first-order chi connectivity index (χ1) is 15.2. The van der Waals surface area contributed by atoms with E-state index in [0.29, 0.717) is 36.2 Å². The summed E-state index contributed by atoms with van der Waals surface area (Å²) in [5.74, 6) is 4.19. The number of carbonyl (C=O) groups is 1. The van der Waals surface area contributed by atoms with Crippen LogP contribution in [0.2, 0.25) is 0 Å². The first-order valence-electron chi connectivity index (χ1n) is 11.0. The summed E-state index contributed by atoms with van der Waals surface area (Å²) in [6, 6.07) is 11.2. The molecule has 0 unspecified atom stereocenters. The maximum atomic E-state index is 11.4. The summed E-state index contributed by atoms with van der Waals surface area (Å²) in [5, 5.41) is 0. The molecule has 166 valence electrons. The zero-order valence-corrected chi connectivity index (χ0v) is 18.3. The molecule has 2 aromatic rings. The number of rotatable bonds is 13. The molecule has 2 aromatic carbocycles. The lowest BCUT2D eigenvalue weighted by atomic mass is 10.2. The minimum Gasteiger partial charge on any atom is -0.493 e. The van der Waals surface area contributed by atoms with Crippen LogP contribution in [0, 0.1) is 11.8 Å². The van der Waals surface area contributed by atoms with Crippen LogP contribution in [0.5, 0.6) is 23.0 Å². The normalized spacial score (nSPS) is 15.3. The summed E-state index contributed by atoms with van der Waals surface area (Å²) in [7, 11) is 3.57. The number of nitrogens with zero attached hydrogens (tertiary/aromatic N) is 1. The number of aldehydes is 1. The van der Waals surface area contributed by atoms with Crippen molar-refractivity contribution in [2.24, 2.45) is 11.8 Å². The zero-order valence-electron chi connectivity index (χ0n) is 18.3. The Hall–Kier alpha value is -2.89. The monoisotopic (exact) mass is 425 g/mol. The van der Waals surface area contributed by atoms with Gasteiger partial charge in [-0.2, -0.15) is 0 Å². The molecule has 2 aliphatic carbocycles. The van der Waals surface area contributed by atoms with Crippen LogP contribution in [-0.4, -0.2) is 40.4 Å². The van der Waals surface area contributed by atoms with Crippen molar-refractivity contribution in [2.45, 2.75) is 32.1 Å². The Kier molecular flexibility index (Phi) is 6.85. The lowest BCUT2D eigenvalue weighted by Crippen LogP contribution is -2.23. The minimum absolute atomic E-state index is 0.276. The van der Waals surface area contributed by atoms with Crippen molar-refractivity contribution in [3.63, 3.8) is 0 Å². The van der Waals surface area contributed by atoms with Gasteiger partial charge in [0.1, 0.15) is 11.5 Å². The van der Waals surface area contributed by atoms with Crippen LogP contribution < -0.4 is 23.8 Å². The Bertz CT molecular complexity index is 891. The summed E-state index contributed by atoms with van der Waals surface area (Å²) in [5.41, 5.74) is 1.43. The first kappa shape index (κ1) is 21.3. The van der Waals surface area contributed by atoms with Crippen LogP contribution >= 0.6 is 0 Å². The molecular formula is C25H31NO5. The van der Waals surface area contributed by atoms with Crippen LogP contribution in [0.3, 0.4) is 0 Å². The van der Waals surface area contributed by atoms with Crippen molar-refractivity contribution >= 4 is 12.0 Å². The predicted octanol–water partition coefficient (Wildman–Crippen LogP) is 4.95. The van der Waals surface area contributed by atoms with Gasteiger partial charge in [-0.25, -0.2) is 0 Å². The molecule has 31 heavy (non-hydrogen) atoms. The van der Waals surface area contributed by atoms with Gasteiger partial charge in [0.15, 0.2) is 24.5 Å². The Morgan fingerprint density at radius 1 is 0.935 bits per heavy atom. The lowest BCUT2D eigenvalue weighted by Gasteiger charge is -2.22. The molecule has 0 amide bonds. The average molecular weight is 426 g/mol. The smallest absolute Gasteiger partial charge is 0.162 e. The number of ether oxygens (including phenoxy) is 4. The molecule has 2 saturated carbocycles. The van der Waals surface area contributed by atoms with Gasteiger partial charge >= 0.3 is 0 Å². The van der Waals surface area contributed by atoms with Crippen molar-refractivity contribution in [3.05, 3.63) is 42.0 Å². The van der Waals surface area contributed by atoms with E-state index in [1.807, 2.05) is 36.2 Å². The number of hydrogen-bond donors (Lipinski definition) is 0. The van der Waals surface area contributed by atoms with Crippen LogP contribution in [0.4, 0.5) is 5.69 Å². The molecule has 0 saturated heterocycles. The van der Waals surface area contributed by atoms with Crippen molar-refractivity contribution in [1.29, 1.82) is 0 Å². The molecular weight excluding hydrogens is 394 g/mol. The predicted molar refractivity (Wildman–Crippen MR) is 120 cm³/mol. The van der Waals surface area contributed by atoms with Crippen molar-refractivity contribution in [3.8, 4) is 23.0 Å². The second-order valence-electron chi connectivity index (χ2n) is 8.46. The summed E-state index contributed by atoms with van der Waals surface area (Å²) in [6.07, 6.45) is 7.01. The second kappa shape index (κ2) is 9.94. The summed E-state index contributed by atoms with van der Waals surface area (Å²) >= 11 is 0. The molecule has 0 heterocycles. The summed E-state index contributed by atoms with van der Waals surface area (Å²) in [6.45, 7) is 1.71. The zero-order chi connectivity index (χ0) is 21.6. The number of benzene rings is 2. The van der Waals surface area contributed by atoms with E-state index in [4.69, 9.17) is 18.9 Å². The van der Waals surface area contributed by atoms with Crippen LogP contribution in [0.1, 0.15) is 42.5 Å². The Balaban J connectivity index is 1.36. The SMILES string of the molecule is COc1cc(N(C)COc2cc(OCC3CC3)ccc2C=O)ccc1OCCC1CC1. The second-order valence-corrected chi connectivity index (χ2v) is 8.46. The Morgan fingerprint density at radius 3 is 2.45 bits per heavy atom. The molecule has 2 fully saturated rings. The van der Waals surface area contributed by atoms with E-state index in [2.05, 4.69) is 0 Å². The van der Waals surface area contributed by atoms with Gasteiger partial charge in [-0.05, 0) is 55.4 Å². The van der Waals surface area contributed by atoms with E-state index in [1.165, 1.54) is 25.7 Å². The summed E-state index contributed by atoms with van der Waals surface area (Å²) < 4.78 is 23.2. The average Bonchev–Trinajstić information content (AvgIpc) is 3.71. The molecule has 0 aliphatic heterocycles. The van der Waals surface area contributed by atoms with Crippen LogP contribution in [-0.2, 0) is 0 Å². The molecule has 2 aliphatic rings. The van der Waals surface area contributed by atoms with Gasteiger partial charge in [0.05, 0.1) is 25.9 Å². The number of anilines is 1. The fourth-order valence-corrected chi connectivity index (χ4v) is 3.32. The number of hydrogen-bond acceptors (Lipinski definition) is 6. The highest BCUT2D eigenvalue weighted by molar-refractivity contribution is 5.79. The Morgan fingerprint density at radius 2 is 1.74 bits per heavy atom. The quantitative estimate of drug-likeness (QED) is 0.334.